The largest absolute Gasteiger partial charge is 0.480 e. The molecule has 3 aliphatic rings. The van der Waals surface area contributed by atoms with Gasteiger partial charge in [-0.2, -0.15) is 0 Å². The molecule has 0 aromatic carbocycles. The zero-order chi connectivity index (χ0) is 25.5. The number of H-pyrrole nitrogens is 1. The molecular weight excluding hydrogens is 454 g/mol. The molecule has 1 amide bonds. The van der Waals surface area contributed by atoms with E-state index < -0.39 is 23.5 Å². The minimum Gasteiger partial charge on any atom is -0.480 e. The number of amides is 1. The summed E-state index contributed by atoms with van der Waals surface area (Å²) in [5.41, 5.74) is -0.957. The smallest absolute Gasteiger partial charge is 0.332 e. The maximum atomic E-state index is 13.1. The van der Waals surface area contributed by atoms with Gasteiger partial charge in [-0.25, -0.2) is 14.6 Å². The van der Waals surface area contributed by atoms with Crippen molar-refractivity contribution in [2.75, 3.05) is 0 Å². The van der Waals surface area contributed by atoms with Crippen LogP contribution in [0.2, 0.25) is 0 Å². The molecule has 0 saturated heterocycles. The third-order valence-corrected chi connectivity index (χ3v) is 8.02. The first-order chi connectivity index (χ1) is 16.6. The summed E-state index contributed by atoms with van der Waals surface area (Å²) >= 11 is 0. The number of aromatic nitrogens is 4. The van der Waals surface area contributed by atoms with E-state index in [1.54, 1.807) is 4.57 Å². The van der Waals surface area contributed by atoms with E-state index in [0.29, 0.717) is 75.0 Å². The maximum Gasteiger partial charge on any atom is 0.332 e. The van der Waals surface area contributed by atoms with Crippen molar-refractivity contribution < 1.29 is 19.8 Å². The molecule has 4 N–H and O–H groups in total. The minimum absolute atomic E-state index is 0.327. The number of aromatic amines is 1. The van der Waals surface area contributed by atoms with E-state index in [0.717, 1.165) is 6.42 Å². The van der Waals surface area contributed by atoms with Gasteiger partial charge in [0.05, 0.1) is 6.10 Å². The van der Waals surface area contributed by atoms with Crippen LogP contribution in [0.5, 0.6) is 0 Å². The summed E-state index contributed by atoms with van der Waals surface area (Å²) in [6.07, 6.45) is 3.85. The number of aliphatic hydroxyl groups excluding tert-OH is 1. The van der Waals surface area contributed by atoms with Gasteiger partial charge in [0.1, 0.15) is 11.3 Å². The number of carboxylic acids is 1. The van der Waals surface area contributed by atoms with Crippen LogP contribution in [0.3, 0.4) is 0 Å². The second-order valence-corrected chi connectivity index (χ2v) is 10.3. The van der Waals surface area contributed by atoms with Gasteiger partial charge in [-0.3, -0.25) is 18.7 Å². The number of fused-ring (bicyclic) bond motifs is 4. The summed E-state index contributed by atoms with van der Waals surface area (Å²) in [6.45, 7) is 6.05. The van der Waals surface area contributed by atoms with E-state index in [1.165, 1.54) is 11.5 Å². The fourth-order valence-electron chi connectivity index (χ4n) is 5.83. The summed E-state index contributed by atoms with van der Waals surface area (Å²) in [7, 11) is 0. The second kappa shape index (κ2) is 9.25. The zero-order valence-corrected chi connectivity index (χ0v) is 20.6. The molecule has 2 unspecified atom stereocenters. The number of aliphatic carboxylic acids is 1. The molecule has 0 aliphatic heterocycles. The van der Waals surface area contributed by atoms with Gasteiger partial charge in [0.15, 0.2) is 11.7 Å². The third-order valence-electron chi connectivity index (χ3n) is 8.02. The van der Waals surface area contributed by atoms with E-state index in [-0.39, 0.29) is 22.6 Å². The summed E-state index contributed by atoms with van der Waals surface area (Å²) < 4.78 is 2.85. The summed E-state index contributed by atoms with van der Waals surface area (Å²) in [4.78, 5) is 58.7. The topological polar surface area (TPSA) is 159 Å². The first kappa shape index (κ1) is 25.2. The van der Waals surface area contributed by atoms with Gasteiger partial charge in [0.2, 0.25) is 5.91 Å². The van der Waals surface area contributed by atoms with E-state index in [4.69, 9.17) is 4.98 Å². The monoisotopic (exact) mass is 489 g/mol. The number of aryl methyl sites for hydroxylation is 1. The van der Waals surface area contributed by atoms with Crippen LogP contribution in [0.15, 0.2) is 9.59 Å². The van der Waals surface area contributed by atoms with Crippen molar-refractivity contribution in [2.24, 2.45) is 5.41 Å². The lowest BCUT2D eigenvalue weighted by Crippen LogP contribution is -2.57. The fraction of sp³-hybridized carbons (Fsp3) is 0.708. The summed E-state index contributed by atoms with van der Waals surface area (Å²) in [5.74, 6) is -0.910. The van der Waals surface area contributed by atoms with Gasteiger partial charge in [-0.1, -0.05) is 13.8 Å². The molecule has 3 aliphatic carbocycles. The molecule has 5 rings (SSSR count). The summed E-state index contributed by atoms with van der Waals surface area (Å²) in [6, 6.07) is -1.35. The number of nitrogens with one attached hydrogen (secondary N) is 2. The highest BCUT2D eigenvalue weighted by Crippen LogP contribution is 2.57. The zero-order valence-electron chi connectivity index (χ0n) is 20.6. The molecule has 35 heavy (non-hydrogen) atoms. The van der Waals surface area contributed by atoms with Crippen molar-refractivity contribution >= 4 is 23.0 Å². The van der Waals surface area contributed by atoms with Crippen LogP contribution in [0.1, 0.15) is 78.0 Å². The fourth-order valence-corrected chi connectivity index (χ4v) is 5.83. The van der Waals surface area contributed by atoms with E-state index in [2.05, 4.69) is 10.3 Å². The van der Waals surface area contributed by atoms with Gasteiger partial charge < -0.3 is 20.5 Å². The van der Waals surface area contributed by atoms with Crippen LogP contribution in [0.4, 0.5) is 0 Å². The minimum atomic E-state index is -1.35. The first-order valence-electron chi connectivity index (χ1n) is 12.5. The highest BCUT2D eigenvalue weighted by Gasteiger charge is 2.54. The quantitative estimate of drug-likeness (QED) is 0.412. The van der Waals surface area contributed by atoms with E-state index in [1.807, 2.05) is 13.8 Å². The normalized spacial score (nSPS) is 25.5. The second-order valence-electron chi connectivity index (χ2n) is 10.3. The third kappa shape index (κ3) is 4.09. The lowest BCUT2D eigenvalue weighted by molar-refractivity contribution is -0.149. The number of imidazole rings is 1. The van der Waals surface area contributed by atoms with Crippen LogP contribution in [-0.2, 0) is 28.1 Å². The number of hydrogen-bond donors (Lipinski definition) is 4. The number of carbonyl (C=O) groups excluding carboxylic acids is 1. The Morgan fingerprint density at radius 3 is 2.14 bits per heavy atom. The average Bonchev–Trinajstić information content (AvgIpc) is 3.30. The number of rotatable bonds is 9. The molecular formula is C24H35N5O6. The first-order valence-corrected chi connectivity index (χ1v) is 12.5. The molecule has 2 aromatic heterocycles. The van der Waals surface area contributed by atoms with Crippen molar-refractivity contribution in [3.63, 3.8) is 0 Å². The molecule has 3 saturated carbocycles. The van der Waals surface area contributed by atoms with Crippen LogP contribution < -0.4 is 16.6 Å². The Morgan fingerprint density at radius 1 is 1.06 bits per heavy atom. The molecule has 2 atom stereocenters. The maximum absolute atomic E-state index is 13.1. The summed E-state index contributed by atoms with van der Waals surface area (Å²) in [5, 5.41) is 21.6. The van der Waals surface area contributed by atoms with Crippen LogP contribution in [-0.4, -0.2) is 53.3 Å². The van der Waals surface area contributed by atoms with Crippen LogP contribution in [0.25, 0.3) is 11.2 Å². The highest BCUT2D eigenvalue weighted by molar-refractivity contribution is 5.88. The van der Waals surface area contributed by atoms with Crippen LogP contribution >= 0.6 is 0 Å². The molecule has 11 heteroatoms. The molecule has 11 nitrogen and oxygen atoms in total. The van der Waals surface area contributed by atoms with Crippen molar-refractivity contribution in [1.29, 1.82) is 0 Å². The van der Waals surface area contributed by atoms with Crippen molar-refractivity contribution in [3.05, 3.63) is 26.7 Å². The predicted molar refractivity (Wildman–Crippen MR) is 128 cm³/mol. The lowest BCUT2D eigenvalue weighted by Gasteiger charge is -2.51. The molecule has 2 heterocycles. The Kier molecular flexibility index (Phi) is 6.65. The van der Waals surface area contributed by atoms with Gasteiger partial charge in [0.25, 0.3) is 5.56 Å². The van der Waals surface area contributed by atoms with Gasteiger partial charge in [0, 0.05) is 23.9 Å². The molecule has 3 fully saturated rings. The van der Waals surface area contributed by atoms with E-state index in [9.17, 15) is 29.4 Å². The molecule has 2 aromatic rings. The SMILES string of the molecule is CCCn1c(=O)c2[nH]c(C34CCC(C(=O)NC(C(=O)O)C(C)O)(CC3)CC4)nc2n(CCC)c1=O. The number of carboxylic acid groups (broad SMARTS) is 1. The lowest BCUT2D eigenvalue weighted by atomic mass is 9.53. The molecule has 192 valence electrons. The Labute approximate surface area is 202 Å². The number of nitrogens with zero attached hydrogens (tertiary/aromatic N) is 3. The predicted octanol–water partition coefficient (Wildman–Crippen LogP) is 1.25. The number of carbonyl (C=O) groups is 2. The highest BCUT2D eigenvalue weighted by atomic mass is 16.4. The van der Waals surface area contributed by atoms with Gasteiger partial charge in [-0.05, 0) is 58.3 Å². The number of hydrogen-bond acceptors (Lipinski definition) is 6. The molecule has 2 bridgehead atoms. The van der Waals surface area contributed by atoms with E-state index >= 15 is 0 Å². The molecule has 0 spiro atoms. The average molecular weight is 490 g/mol. The van der Waals surface area contributed by atoms with Gasteiger partial charge >= 0.3 is 11.7 Å². The standard InChI is InChI=1S/C24H35N5O6/c1-4-12-28-17-16(18(31)29(13-5-2)22(28)35)25-20(27-17)23-6-9-24(10-7-23,11-8-23)21(34)26-15(14(3)30)19(32)33/h14-15,30H,4-13H2,1-3H3,(H,25,27)(H,26,34)(H,32,33). The van der Waals surface area contributed by atoms with Crippen molar-refractivity contribution in [3.8, 4) is 0 Å². The van der Waals surface area contributed by atoms with Crippen molar-refractivity contribution in [2.45, 2.75) is 103 Å². The Bertz CT molecular complexity index is 1230. The molecule has 0 radical (unpaired) electrons. The van der Waals surface area contributed by atoms with Crippen LogP contribution in [0, 0.1) is 5.41 Å². The number of aliphatic hydroxyl groups is 1. The Balaban J connectivity index is 1.65. The Morgan fingerprint density at radius 2 is 1.63 bits per heavy atom. The Hall–Kier alpha value is -2.95. The van der Waals surface area contributed by atoms with Crippen molar-refractivity contribution in [1.82, 2.24) is 24.4 Å². The van der Waals surface area contributed by atoms with Gasteiger partial charge in [-0.15, -0.1) is 0 Å².